The molecule has 0 aliphatic heterocycles. The first-order chi connectivity index (χ1) is 6.55. The predicted octanol–water partition coefficient (Wildman–Crippen LogP) is 2.68. The van der Waals surface area contributed by atoms with E-state index in [2.05, 4.69) is 0 Å². The van der Waals surface area contributed by atoms with E-state index in [9.17, 15) is 13.2 Å². The molecule has 0 bridgehead atoms. The van der Waals surface area contributed by atoms with Gasteiger partial charge < -0.3 is 5.73 Å². The van der Waals surface area contributed by atoms with Gasteiger partial charge in [0.1, 0.15) is 0 Å². The average Bonchev–Trinajstić information content (AvgIpc) is 2.14. The monoisotopic (exact) mass is 201 g/mol. The van der Waals surface area contributed by atoms with E-state index in [1.807, 2.05) is 0 Å². The zero-order valence-electron chi connectivity index (χ0n) is 7.38. The van der Waals surface area contributed by atoms with Gasteiger partial charge in [-0.1, -0.05) is 30.4 Å². The van der Waals surface area contributed by atoms with Gasteiger partial charge in [-0.2, -0.15) is 13.2 Å². The summed E-state index contributed by atoms with van der Waals surface area (Å²) in [6.07, 6.45) is -1.44. The Bertz CT molecular complexity index is 328. The Morgan fingerprint density at radius 1 is 1.21 bits per heavy atom. The number of alkyl halides is 3. The van der Waals surface area contributed by atoms with Gasteiger partial charge in [0.15, 0.2) is 0 Å². The molecule has 1 nitrogen and oxygen atoms in total. The van der Waals surface area contributed by atoms with Gasteiger partial charge in [-0.15, -0.1) is 0 Å². The highest BCUT2D eigenvalue weighted by Gasteiger charge is 2.32. The minimum Gasteiger partial charge on any atom is -0.327 e. The SMILES string of the molecule is NC/C=C/c1ccccc1C(F)(F)F. The van der Waals surface area contributed by atoms with Gasteiger partial charge in [-0.3, -0.25) is 0 Å². The number of hydrogen-bond donors (Lipinski definition) is 1. The average molecular weight is 201 g/mol. The molecule has 0 heterocycles. The van der Waals surface area contributed by atoms with Gasteiger partial charge in [-0.05, 0) is 11.6 Å². The lowest BCUT2D eigenvalue weighted by Crippen LogP contribution is -2.07. The van der Waals surface area contributed by atoms with Gasteiger partial charge in [-0.25, -0.2) is 0 Å². The van der Waals surface area contributed by atoms with Crippen molar-refractivity contribution in [1.29, 1.82) is 0 Å². The molecular formula is C10H10F3N. The molecule has 0 amide bonds. The summed E-state index contributed by atoms with van der Waals surface area (Å²) in [5.41, 5.74) is 4.68. The van der Waals surface area contributed by atoms with Crippen LogP contribution in [0.25, 0.3) is 6.08 Å². The zero-order chi connectivity index (χ0) is 10.6. The first kappa shape index (κ1) is 10.8. The lowest BCUT2D eigenvalue weighted by Gasteiger charge is -2.09. The topological polar surface area (TPSA) is 26.0 Å². The van der Waals surface area contributed by atoms with Crippen LogP contribution in [-0.4, -0.2) is 6.54 Å². The summed E-state index contributed by atoms with van der Waals surface area (Å²) < 4.78 is 37.2. The van der Waals surface area contributed by atoms with E-state index in [4.69, 9.17) is 5.73 Å². The summed E-state index contributed by atoms with van der Waals surface area (Å²) in [7, 11) is 0. The van der Waals surface area contributed by atoms with Crippen LogP contribution in [0.1, 0.15) is 11.1 Å². The van der Waals surface area contributed by atoms with E-state index in [1.165, 1.54) is 24.3 Å². The van der Waals surface area contributed by atoms with Crippen LogP contribution in [0.2, 0.25) is 0 Å². The van der Waals surface area contributed by atoms with Crippen LogP contribution in [0.15, 0.2) is 30.3 Å². The third-order valence-electron chi connectivity index (χ3n) is 1.70. The molecule has 0 unspecified atom stereocenters. The summed E-state index contributed by atoms with van der Waals surface area (Å²) in [4.78, 5) is 0. The van der Waals surface area contributed by atoms with E-state index in [-0.39, 0.29) is 12.1 Å². The van der Waals surface area contributed by atoms with Crippen molar-refractivity contribution >= 4 is 6.08 Å². The van der Waals surface area contributed by atoms with Crippen LogP contribution >= 0.6 is 0 Å². The summed E-state index contributed by atoms with van der Waals surface area (Å²) in [5.74, 6) is 0. The van der Waals surface area contributed by atoms with E-state index < -0.39 is 11.7 Å². The molecule has 4 heteroatoms. The summed E-state index contributed by atoms with van der Waals surface area (Å²) in [6, 6.07) is 5.39. The molecule has 0 radical (unpaired) electrons. The molecule has 0 saturated heterocycles. The maximum absolute atomic E-state index is 12.4. The molecule has 0 atom stereocenters. The molecule has 76 valence electrons. The molecule has 1 aromatic rings. The van der Waals surface area contributed by atoms with Gasteiger partial charge in [0.05, 0.1) is 5.56 Å². The van der Waals surface area contributed by atoms with E-state index >= 15 is 0 Å². The predicted molar refractivity (Wildman–Crippen MR) is 49.5 cm³/mol. The van der Waals surface area contributed by atoms with E-state index in [1.54, 1.807) is 6.07 Å². The number of hydrogen-bond acceptors (Lipinski definition) is 1. The van der Waals surface area contributed by atoms with Crippen LogP contribution in [0.5, 0.6) is 0 Å². The summed E-state index contributed by atoms with van der Waals surface area (Å²) in [5, 5.41) is 0. The highest BCUT2D eigenvalue weighted by atomic mass is 19.4. The van der Waals surface area contributed by atoms with Crippen LogP contribution in [0.3, 0.4) is 0 Å². The van der Waals surface area contributed by atoms with Crippen LogP contribution in [-0.2, 0) is 6.18 Å². The molecule has 2 N–H and O–H groups in total. The first-order valence-electron chi connectivity index (χ1n) is 4.08. The molecular weight excluding hydrogens is 191 g/mol. The number of rotatable bonds is 2. The summed E-state index contributed by atoms with van der Waals surface area (Å²) in [6.45, 7) is 0.228. The molecule has 1 rings (SSSR count). The Morgan fingerprint density at radius 2 is 1.86 bits per heavy atom. The van der Waals surface area contributed by atoms with Crippen molar-refractivity contribution in [2.45, 2.75) is 6.18 Å². The van der Waals surface area contributed by atoms with Crippen LogP contribution < -0.4 is 5.73 Å². The maximum atomic E-state index is 12.4. The lowest BCUT2D eigenvalue weighted by molar-refractivity contribution is -0.137. The highest BCUT2D eigenvalue weighted by molar-refractivity contribution is 5.54. The highest BCUT2D eigenvalue weighted by Crippen LogP contribution is 2.32. The maximum Gasteiger partial charge on any atom is 0.416 e. The third kappa shape index (κ3) is 2.60. The minimum atomic E-state index is -4.31. The Kier molecular flexibility index (Phi) is 3.30. The molecule has 0 spiro atoms. The number of benzene rings is 1. The standard InChI is InChI=1S/C10H10F3N/c11-10(12,13)9-6-2-1-4-8(9)5-3-7-14/h1-6H,7,14H2/b5-3+. The van der Waals surface area contributed by atoms with Crippen molar-refractivity contribution in [3.05, 3.63) is 41.5 Å². The second kappa shape index (κ2) is 4.28. The Hall–Kier alpha value is -1.29. The second-order valence-electron chi connectivity index (χ2n) is 2.72. The molecule has 14 heavy (non-hydrogen) atoms. The Morgan fingerprint density at radius 3 is 2.43 bits per heavy atom. The molecule has 0 fully saturated rings. The fraction of sp³-hybridized carbons (Fsp3) is 0.200. The molecule has 0 aromatic heterocycles. The fourth-order valence-corrected chi connectivity index (χ4v) is 1.10. The van der Waals surface area contributed by atoms with Gasteiger partial charge in [0.25, 0.3) is 0 Å². The Balaban J connectivity index is 3.10. The van der Waals surface area contributed by atoms with Crippen LogP contribution in [0, 0.1) is 0 Å². The lowest BCUT2D eigenvalue weighted by atomic mass is 10.1. The van der Waals surface area contributed by atoms with E-state index in [0.29, 0.717) is 0 Å². The van der Waals surface area contributed by atoms with Crippen molar-refractivity contribution in [1.82, 2.24) is 0 Å². The third-order valence-corrected chi connectivity index (χ3v) is 1.70. The largest absolute Gasteiger partial charge is 0.416 e. The molecule has 0 aliphatic carbocycles. The van der Waals surface area contributed by atoms with Gasteiger partial charge >= 0.3 is 6.18 Å². The van der Waals surface area contributed by atoms with Crippen LogP contribution in [0.4, 0.5) is 13.2 Å². The van der Waals surface area contributed by atoms with E-state index in [0.717, 1.165) is 6.07 Å². The molecule has 0 saturated carbocycles. The van der Waals surface area contributed by atoms with Gasteiger partial charge in [0.2, 0.25) is 0 Å². The second-order valence-corrected chi connectivity index (χ2v) is 2.72. The van der Waals surface area contributed by atoms with Crippen molar-refractivity contribution in [3.8, 4) is 0 Å². The number of nitrogens with two attached hydrogens (primary N) is 1. The fourth-order valence-electron chi connectivity index (χ4n) is 1.10. The minimum absolute atomic E-state index is 0.144. The van der Waals surface area contributed by atoms with Gasteiger partial charge in [0, 0.05) is 6.54 Å². The normalized spacial score (nSPS) is 12.3. The van der Waals surface area contributed by atoms with Crippen molar-refractivity contribution in [3.63, 3.8) is 0 Å². The molecule has 1 aromatic carbocycles. The summed E-state index contributed by atoms with van der Waals surface area (Å²) >= 11 is 0. The first-order valence-corrected chi connectivity index (χ1v) is 4.08. The van der Waals surface area contributed by atoms with Crippen molar-refractivity contribution in [2.24, 2.45) is 5.73 Å². The van der Waals surface area contributed by atoms with Crippen molar-refractivity contribution < 1.29 is 13.2 Å². The number of halogens is 3. The zero-order valence-corrected chi connectivity index (χ0v) is 7.38. The Labute approximate surface area is 80.0 Å². The quantitative estimate of drug-likeness (QED) is 0.782. The smallest absolute Gasteiger partial charge is 0.327 e. The van der Waals surface area contributed by atoms with Crippen molar-refractivity contribution in [2.75, 3.05) is 6.54 Å². The molecule has 0 aliphatic rings.